The van der Waals surface area contributed by atoms with E-state index in [2.05, 4.69) is 19.9 Å². The molecule has 0 fully saturated rings. The highest BCUT2D eigenvalue weighted by Crippen LogP contribution is 2.24. The molecule has 6 heteroatoms. The van der Waals surface area contributed by atoms with E-state index >= 15 is 0 Å². The molecule has 0 amide bonds. The minimum absolute atomic E-state index is 0.693. The van der Waals surface area contributed by atoms with Crippen molar-refractivity contribution in [2.75, 3.05) is 12.4 Å². The lowest BCUT2D eigenvalue weighted by Gasteiger charge is -2.07. The van der Waals surface area contributed by atoms with Crippen molar-refractivity contribution in [3.8, 4) is 5.75 Å². The number of anilines is 1. The number of rotatable bonds is 4. The molecule has 24 heavy (non-hydrogen) atoms. The van der Waals surface area contributed by atoms with E-state index in [0.29, 0.717) is 6.54 Å². The number of benzene rings is 1. The molecule has 2 aromatic heterocycles. The van der Waals surface area contributed by atoms with Crippen molar-refractivity contribution >= 4 is 17.0 Å². The number of hydrogen-bond acceptors (Lipinski definition) is 5. The molecule has 124 valence electrons. The van der Waals surface area contributed by atoms with Gasteiger partial charge in [0.1, 0.15) is 17.9 Å². The second kappa shape index (κ2) is 6.47. The summed E-state index contributed by atoms with van der Waals surface area (Å²) in [5.41, 5.74) is 2.99. The van der Waals surface area contributed by atoms with E-state index in [4.69, 9.17) is 9.72 Å². The third-order valence-corrected chi connectivity index (χ3v) is 4.51. The molecule has 0 unspecified atom stereocenters. The fraction of sp³-hybridized carbons (Fsp3) is 0.389. The Bertz CT molecular complexity index is 840. The predicted molar refractivity (Wildman–Crippen MR) is 93.2 cm³/mol. The smallest absolute Gasteiger partial charge is 0.165 e. The van der Waals surface area contributed by atoms with Crippen molar-refractivity contribution < 1.29 is 4.74 Å². The van der Waals surface area contributed by atoms with Gasteiger partial charge in [-0.05, 0) is 30.5 Å². The fourth-order valence-corrected chi connectivity index (χ4v) is 3.20. The molecule has 0 radical (unpaired) electrons. The number of aromatic nitrogens is 4. The first-order valence-corrected chi connectivity index (χ1v) is 8.42. The van der Waals surface area contributed by atoms with Crippen molar-refractivity contribution in [2.24, 2.45) is 0 Å². The standard InChI is InChI=1S/C18H21N5O/c1-24-14-8-6-13(7-9-14)11-19-17-16-18(21-12-20-17)23-10-4-2-3-5-15(23)22-16/h6-9,12H,2-5,10-11H2,1H3,(H,19,20,21). The van der Waals surface area contributed by atoms with Gasteiger partial charge in [0.05, 0.1) is 7.11 Å². The van der Waals surface area contributed by atoms with Crippen LogP contribution in [-0.4, -0.2) is 26.6 Å². The molecule has 4 rings (SSSR count). The van der Waals surface area contributed by atoms with E-state index in [1.807, 2.05) is 24.3 Å². The summed E-state index contributed by atoms with van der Waals surface area (Å²) in [4.78, 5) is 13.7. The number of aryl methyl sites for hydroxylation is 2. The maximum Gasteiger partial charge on any atom is 0.165 e. The fourth-order valence-electron chi connectivity index (χ4n) is 3.20. The molecule has 0 bridgehead atoms. The van der Waals surface area contributed by atoms with E-state index < -0.39 is 0 Å². The highest BCUT2D eigenvalue weighted by atomic mass is 16.5. The first kappa shape index (κ1) is 14.9. The monoisotopic (exact) mass is 323 g/mol. The Morgan fingerprint density at radius 3 is 2.83 bits per heavy atom. The van der Waals surface area contributed by atoms with Crippen molar-refractivity contribution in [2.45, 2.75) is 38.8 Å². The van der Waals surface area contributed by atoms with Gasteiger partial charge in [-0.3, -0.25) is 0 Å². The summed E-state index contributed by atoms with van der Waals surface area (Å²) < 4.78 is 7.45. The molecule has 3 heterocycles. The van der Waals surface area contributed by atoms with Gasteiger partial charge in [-0.25, -0.2) is 15.0 Å². The zero-order chi connectivity index (χ0) is 16.4. The van der Waals surface area contributed by atoms with Gasteiger partial charge in [-0.1, -0.05) is 18.6 Å². The summed E-state index contributed by atoms with van der Waals surface area (Å²) in [7, 11) is 1.67. The molecule has 1 aromatic carbocycles. The minimum Gasteiger partial charge on any atom is -0.497 e. The third kappa shape index (κ3) is 2.79. The first-order valence-electron chi connectivity index (χ1n) is 8.42. The average molecular weight is 323 g/mol. The molecule has 0 saturated heterocycles. The van der Waals surface area contributed by atoms with E-state index in [-0.39, 0.29) is 0 Å². The zero-order valence-electron chi connectivity index (χ0n) is 13.8. The lowest BCUT2D eigenvalue weighted by molar-refractivity contribution is 0.414. The van der Waals surface area contributed by atoms with Gasteiger partial charge < -0.3 is 14.6 Å². The Kier molecular flexibility index (Phi) is 4.02. The van der Waals surface area contributed by atoms with E-state index in [0.717, 1.165) is 41.5 Å². The molecule has 0 aliphatic carbocycles. The van der Waals surface area contributed by atoms with Gasteiger partial charge in [-0.15, -0.1) is 0 Å². The Morgan fingerprint density at radius 1 is 1.12 bits per heavy atom. The second-order valence-electron chi connectivity index (χ2n) is 6.09. The third-order valence-electron chi connectivity index (χ3n) is 4.51. The van der Waals surface area contributed by atoms with Crippen LogP contribution < -0.4 is 10.1 Å². The van der Waals surface area contributed by atoms with Crippen molar-refractivity contribution in [1.29, 1.82) is 0 Å². The molecule has 0 saturated carbocycles. The van der Waals surface area contributed by atoms with Crippen LogP contribution in [-0.2, 0) is 19.5 Å². The SMILES string of the molecule is COc1ccc(CNc2ncnc3c2nc2n3CCCCC2)cc1. The van der Waals surface area contributed by atoms with Crippen molar-refractivity contribution in [1.82, 2.24) is 19.5 Å². The van der Waals surface area contributed by atoms with Crippen LogP contribution in [0.5, 0.6) is 5.75 Å². The van der Waals surface area contributed by atoms with Gasteiger partial charge in [-0.2, -0.15) is 0 Å². The van der Waals surface area contributed by atoms with Gasteiger partial charge in [0.15, 0.2) is 17.0 Å². The Balaban J connectivity index is 1.59. The van der Waals surface area contributed by atoms with Crippen LogP contribution in [0.25, 0.3) is 11.2 Å². The number of nitrogens with zero attached hydrogens (tertiary/aromatic N) is 4. The zero-order valence-corrected chi connectivity index (χ0v) is 13.8. The summed E-state index contributed by atoms with van der Waals surface area (Å²) in [6.45, 7) is 1.69. The molecule has 6 nitrogen and oxygen atoms in total. The van der Waals surface area contributed by atoms with Gasteiger partial charge in [0.25, 0.3) is 0 Å². The second-order valence-corrected chi connectivity index (χ2v) is 6.09. The number of ether oxygens (including phenoxy) is 1. The van der Waals surface area contributed by atoms with Crippen LogP contribution in [0, 0.1) is 0 Å². The molecule has 0 spiro atoms. The lowest BCUT2D eigenvalue weighted by atomic mass is 10.2. The van der Waals surface area contributed by atoms with Crippen molar-refractivity contribution in [3.63, 3.8) is 0 Å². The normalized spacial score (nSPS) is 14.2. The van der Waals surface area contributed by atoms with E-state index in [9.17, 15) is 0 Å². The number of fused-ring (bicyclic) bond motifs is 3. The van der Waals surface area contributed by atoms with Crippen LogP contribution in [0.2, 0.25) is 0 Å². The highest BCUT2D eigenvalue weighted by molar-refractivity contribution is 5.83. The Hall–Kier alpha value is -2.63. The molecular weight excluding hydrogens is 302 g/mol. The largest absolute Gasteiger partial charge is 0.497 e. The summed E-state index contributed by atoms with van der Waals surface area (Å²) in [5, 5.41) is 3.40. The average Bonchev–Trinajstić information content (AvgIpc) is 2.82. The van der Waals surface area contributed by atoms with Crippen LogP contribution in [0.15, 0.2) is 30.6 Å². The summed E-state index contributed by atoms with van der Waals surface area (Å²) in [5.74, 6) is 2.80. The van der Waals surface area contributed by atoms with E-state index in [1.165, 1.54) is 24.8 Å². The number of imidazole rings is 1. The lowest BCUT2D eigenvalue weighted by Crippen LogP contribution is -2.04. The summed E-state index contributed by atoms with van der Waals surface area (Å²) >= 11 is 0. The quantitative estimate of drug-likeness (QED) is 0.799. The molecule has 0 atom stereocenters. The molecule has 1 N–H and O–H groups in total. The van der Waals surface area contributed by atoms with Gasteiger partial charge in [0.2, 0.25) is 0 Å². The predicted octanol–water partition coefficient (Wildman–Crippen LogP) is 3.17. The minimum atomic E-state index is 0.693. The highest BCUT2D eigenvalue weighted by Gasteiger charge is 2.17. The van der Waals surface area contributed by atoms with Crippen LogP contribution in [0.3, 0.4) is 0 Å². The van der Waals surface area contributed by atoms with Gasteiger partial charge in [0, 0.05) is 19.5 Å². The van der Waals surface area contributed by atoms with Crippen LogP contribution in [0.1, 0.15) is 30.7 Å². The molecule has 1 aliphatic heterocycles. The molecule has 1 aliphatic rings. The summed E-state index contributed by atoms with van der Waals surface area (Å²) in [6, 6.07) is 8.02. The Morgan fingerprint density at radius 2 is 2.00 bits per heavy atom. The summed E-state index contributed by atoms with van der Waals surface area (Å²) in [6.07, 6.45) is 6.30. The van der Waals surface area contributed by atoms with Crippen LogP contribution >= 0.6 is 0 Å². The topological polar surface area (TPSA) is 64.9 Å². The van der Waals surface area contributed by atoms with E-state index in [1.54, 1.807) is 13.4 Å². The maximum atomic E-state index is 5.19. The van der Waals surface area contributed by atoms with Gasteiger partial charge >= 0.3 is 0 Å². The Labute approximate surface area is 140 Å². The number of methoxy groups -OCH3 is 1. The molecular formula is C18H21N5O. The number of nitrogens with one attached hydrogen (secondary N) is 1. The first-order chi connectivity index (χ1) is 11.8. The number of hydrogen-bond donors (Lipinski definition) is 1. The molecule has 3 aromatic rings. The maximum absolute atomic E-state index is 5.19. The van der Waals surface area contributed by atoms with Crippen LogP contribution in [0.4, 0.5) is 5.82 Å². The van der Waals surface area contributed by atoms with Crippen molar-refractivity contribution in [3.05, 3.63) is 42.0 Å².